The third-order valence-corrected chi connectivity index (χ3v) is 5.36. The summed E-state index contributed by atoms with van der Waals surface area (Å²) in [5.74, 6) is 0.799. The van der Waals surface area contributed by atoms with Crippen molar-refractivity contribution in [3.05, 3.63) is 11.6 Å². The first-order valence-electron chi connectivity index (χ1n) is 5.97. The van der Waals surface area contributed by atoms with Gasteiger partial charge in [-0.25, -0.2) is 0 Å². The van der Waals surface area contributed by atoms with Crippen molar-refractivity contribution >= 4 is 0 Å². The Kier molecular flexibility index (Phi) is 1.56. The summed E-state index contributed by atoms with van der Waals surface area (Å²) in [4.78, 5) is 0. The number of aliphatic hydroxyl groups excluding tert-OH is 1. The van der Waals surface area contributed by atoms with Crippen LogP contribution in [0.25, 0.3) is 0 Å². The number of allylic oxidation sites excluding steroid dienone is 1. The summed E-state index contributed by atoms with van der Waals surface area (Å²) < 4.78 is 0. The molecular weight excluding hydrogens is 172 g/mol. The van der Waals surface area contributed by atoms with E-state index in [4.69, 9.17) is 0 Å². The molecule has 1 N–H and O–H groups in total. The minimum Gasteiger partial charge on any atom is -0.392 e. The first-order valence-corrected chi connectivity index (χ1v) is 5.97. The summed E-state index contributed by atoms with van der Waals surface area (Å²) in [7, 11) is 0. The average Bonchev–Trinajstić information content (AvgIpc) is 2.45. The molecule has 2 fully saturated rings. The van der Waals surface area contributed by atoms with Crippen LogP contribution in [0.2, 0.25) is 0 Å². The smallest absolute Gasteiger partial charge is 0.0636 e. The lowest BCUT2D eigenvalue weighted by atomic mass is 9.53. The molecule has 0 aliphatic heterocycles. The molecule has 0 aromatic carbocycles. The topological polar surface area (TPSA) is 20.2 Å². The van der Waals surface area contributed by atoms with E-state index >= 15 is 0 Å². The van der Waals surface area contributed by atoms with E-state index in [9.17, 15) is 5.11 Å². The van der Waals surface area contributed by atoms with E-state index in [1.165, 1.54) is 25.7 Å². The fourth-order valence-corrected chi connectivity index (χ4v) is 4.07. The van der Waals surface area contributed by atoms with Gasteiger partial charge in [0.05, 0.1) is 6.10 Å². The average molecular weight is 192 g/mol. The van der Waals surface area contributed by atoms with Crippen molar-refractivity contribution in [2.45, 2.75) is 52.1 Å². The number of rotatable bonds is 0. The zero-order valence-corrected chi connectivity index (χ0v) is 9.21. The molecule has 4 atom stereocenters. The summed E-state index contributed by atoms with van der Waals surface area (Å²) in [6.07, 6.45) is 8.54. The van der Waals surface area contributed by atoms with E-state index in [1.54, 1.807) is 5.57 Å². The Labute approximate surface area is 86.2 Å². The summed E-state index contributed by atoms with van der Waals surface area (Å²) in [6, 6.07) is 0. The van der Waals surface area contributed by atoms with Crippen molar-refractivity contribution in [2.24, 2.45) is 16.7 Å². The van der Waals surface area contributed by atoms with Crippen molar-refractivity contribution in [3.63, 3.8) is 0 Å². The van der Waals surface area contributed by atoms with Gasteiger partial charge in [-0.05, 0) is 43.4 Å². The molecule has 0 radical (unpaired) electrons. The Balaban J connectivity index is 2.12. The number of hydrogen-bond acceptors (Lipinski definition) is 1. The highest BCUT2D eigenvalue weighted by Gasteiger charge is 2.56. The van der Waals surface area contributed by atoms with Crippen LogP contribution in [0.1, 0.15) is 46.0 Å². The second kappa shape index (κ2) is 2.44. The van der Waals surface area contributed by atoms with E-state index in [1.807, 2.05) is 0 Å². The first-order chi connectivity index (χ1) is 6.57. The van der Waals surface area contributed by atoms with Gasteiger partial charge >= 0.3 is 0 Å². The normalized spacial score (nSPS) is 55.8. The van der Waals surface area contributed by atoms with Crippen molar-refractivity contribution in [1.29, 1.82) is 0 Å². The molecule has 0 aromatic rings. The Bertz CT molecular complexity index is 306. The van der Waals surface area contributed by atoms with E-state index in [0.717, 1.165) is 12.3 Å². The number of hydrogen-bond donors (Lipinski definition) is 1. The van der Waals surface area contributed by atoms with E-state index < -0.39 is 0 Å². The van der Waals surface area contributed by atoms with Gasteiger partial charge in [-0.1, -0.05) is 25.5 Å². The van der Waals surface area contributed by atoms with Gasteiger partial charge in [0.2, 0.25) is 0 Å². The van der Waals surface area contributed by atoms with Gasteiger partial charge in [0.15, 0.2) is 0 Å². The standard InChI is InChI=1S/C13H20O/c1-9-3-4-10-7-12(2)5-6-13(9,10)8-11(12)14/h7,9,11,14H,3-6,8H2,1-2H3/t9?,11-,12-,13-/m1/s1. The molecule has 0 heterocycles. The monoisotopic (exact) mass is 192 g/mol. The van der Waals surface area contributed by atoms with Gasteiger partial charge in [-0.15, -0.1) is 0 Å². The molecule has 0 amide bonds. The van der Waals surface area contributed by atoms with Gasteiger partial charge in [-0.2, -0.15) is 0 Å². The van der Waals surface area contributed by atoms with Crippen LogP contribution in [0.4, 0.5) is 0 Å². The van der Waals surface area contributed by atoms with E-state index in [2.05, 4.69) is 19.9 Å². The minimum absolute atomic E-state index is 0.0828. The van der Waals surface area contributed by atoms with Gasteiger partial charge in [-0.3, -0.25) is 0 Å². The fraction of sp³-hybridized carbons (Fsp3) is 0.846. The molecule has 1 spiro atoms. The van der Waals surface area contributed by atoms with Crippen molar-refractivity contribution in [1.82, 2.24) is 0 Å². The third kappa shape index (κ3) is 0.850. The SMILES string of the molecule is CC1CCC2=C[C@@]3(C)CC[C@]21C[C@H]3O. The lowest BCUT2D eigenvalue weighted by molar-refractivity contribution is -0.0435. The quantitative estimate of drug-likeness (QED) is 0.585. The van der Waals surface area contributed by atoms with Crippen LogP contribution in [0.5, 0.6) is 0 Å². The molecule has 78 valence electrons. The van der Waals surface area contributed by atoms with Crippen LogP contribution in [0, 0.1) is 16.7 Å². The van der Waals surface area contributed by atoms with Crippen LogP contribution in [-0.4, -0.2) is 11.2 Å². The van der Waals surface area contributed by atoms with Crippen molar-refractivity contribution < 1.29 is 5.11 Å². The number of fused-ring (bicyclic) bond motifs is 2. The molecule has 0 saturated heterocycles. The Hall–Kier alpha value is -0.300. The highest BCUT2D eigenvalue weighted by atomic mass is 16.3. The molecule has 1 heteroatoms. The Morgan fingerprint density at radius 2 is 2.21 bits per heavy atom. The molecule has 4 aliphatic carbocycles. The third-order valence-electron chi connectivity index (χ3n) is 5.36. The first kappa shape index (κ1) is 8.96. The molecule has 4 rings (SSSR count). The van der Waals surface area contributed by atoms with Gasteiger partial charge in [0, 0.05) is 5.41 Å². The number of aliphatic hydroxyl groups is 1. The Morgan fingerprint density at radius 1 is 1.43 bits per heavy atom. The zero-order chi connectivity index (χ0) is 9.97. The second-order valence-corrected chi connectivity index (χ2v) is 5.99. The summed E-state index contributed by atoms with van der Waals surface area (Å²) in [5, 5.41) is 10.2. The Morgan fingerprint density at radius 3 is 2.93 bits per heavy atom. The maximum Gasteiger partial charge on any atom is 0.0636 e. The molecule has 1 unspecified atom stereocenters. The fourth-order valence-electron chi connectivity index (χ4n) is 4.07. The molecule has 1 nitrogen and oxygen atoms in total. The summed E-state index contributed by atoms with van der Waals surface area (Å²) >= 11 is 0. The predicted octanol–water partition coefficient (Wildman–Crippen LogP) is 2.89. The molecule has 14 heavy (non-hydrogen) atoms. The summed E-state index contributed by atoms with van der Waals surface area (Å²) in [6.45, 7) is 4.61. The van der Waals surface area contributed by atoms with Crippen LogP contribution < -0.4 is 0 Å². The maximum absolute atomic E-state index is 10.2. The highest BCUT2D eigenvalue weighted by Crippen LogP contribution is 2.64. The predicted molar refractivity (Wildman–Crippen MR) is 56.9 cm³/mol. The van der Waals surface area contributed by atoms with Crippen LogP contribution in [0.3, 0.4) is 0 Å². The molecular formula is C13H20O. The van der Waals surface area contributed by atoms with Crippen LogP contribution in [-0.2, 0) is 0 Å². The summed E-state index contributed by atoms with van der Waals surface area (Å²) in [5.41, 5.74) is 2.21. The van der Waals surface area contributed by atoms with Crippen LogP contribution in [0.15, 0.2) is 11.6 Å². The molecule has 2 bridgehead atoms. The zero-order valence-electron chi connectivity index (χ0n) is 9.21. The largest absolute Gasteiger partial charge is 0.392 e. The molecule has 2 saturated carbocycles. The molecule has 0 aromatic heterocycles. The lowest BCUT2D eigenvalue weighted by Gasteiger charge is -2.53. The lowest BCUT2D eigenvalue weighted by Crippen LogP contribution is -2.48. The van der Waals surface area contributed by atoms with Gasteiger partial charge in [0.25, 0.3) is 0 Å². The second-order valence-electron chi connectivity index (χ2n) is 5.99. The van der Waals surface area contributed by atoms with Crippen LogP contribution >= 0.6 is 0 Å². The van der Waals surface area contributed by atoms with Gasteiger partial charge < -0.3 is 5.11 Å². The highest BCUT2D eigenvalue weighted by molar-refractivity contribution is 5.32. The minimum atomic E-state index is -0.0828. The van der Waals surface area contributed by atoms with Crippen molar-refractivity contribution in [3.8, 4) is 0 Å². The van der Waals surface area contributed by atoms with E-state index in [0.29, 0.717) is 5.41 Å². The van der Waals surface area contributed by atoms with E-state index in [-0.39, 0.29) is 11.5 Å². The van der Waals surface area contributed by atoms with Crippen molar-refractivity contribution in [2.75, 3.05) is 0 Å². The molecule has 4 aliphatic rings. The van der Waals surface area contributed by atoms with Gasteiger partial charge in [0.1, 0.15) is 0 Å². The maximum atomic E-state index is 10.2.